The number of nitrogen functional groups attached to an aromatic ring is 1. The molecule has 0 saturated carbocycles. The summed E-state index contributed by atoms with van der Waals surface area (Å²) in [5.41, 5.74) is 6.52. The fourth-order valence-corrected chi connectivity index (χ4v) is 3.18. The van der Waals surface area contributed by atoms with E-state index in [1.807, 2.05) is 0 Å². The first-order valence-corrected chi connectivity index (χ1v) is 8.57. The van der Waals surface area contributed by atoms with Gasteiger partial charge in [0.15, 0.2) is 0 Å². The quantitative estimate of drug-likeness (QED) is 0.528. The number of carbonyl (C=O) groups is 1. The predicted molar refractivity (Wildman–Crippen MR) is 91.0 cm³/mol. The van der Waals surface area contributed by atoms with Gasteiger partial charge in [-0.05, 0) is 24.3 Å². The van der Waals surface area contributed by atoms with Gasteiger partial charge in [0, 0.05) is 17.9 Å². The molecule has 0 atom stereocenters. The number of hydrogen-bond donors (Lipinski definition) is 2. The standard InChI is InChI=1S/C14H20Cl2N2OS/c1-2-3-4-6-20-7-5-13(19)18-14-11(15)8-10(17)9-12(14)16/h8-9H,2-7,17H2,1H3,(H,18,19). The van der Waals surface area contributed by atoms with E-state index in [1.165, 1.54) is 19.3 Å². The largest absolute Gasteiger partial charge is 0.399 e. The molecule has 0 aliphatic heterocycles. The van der Waals surface area contributed by atoms with Crippen LogP contribution < -0.4 is 11.1 Å². The molecule has 0 heterocycles. The van der Waals surface area contributed by atoms with E-state index in [0.29, 0.717) is 27.8 Å². The molecule has 3 nitrogen and oxygen atoms in total. The highest BCUT2D eigenvalue weighted by Gasteiger charge is 2.10. The van der Waals surface area contributed by atoms with Gasteiger partial charge in [0.25, 0.3) is 0 Å². The van der Waals surface area contributed by atoms with Crippen molar-refractivity contribution < 1.29 is 4.79 Å². The van der Waals surface area contributed by atoms with Crippen LogP contribution >= 0.6 is 35.0 Å². The molecule has 1 aromatic rings. The second-order valence-corrected chi connectivity index (χ2v) is 6.52. The van der Waals surface area contributed by atoms with Gasteiger partial charge in [0.05, 0.1) is 15.7 Å². The summed E-state index contributed by atoms with van der Waals surface area (Å²) in [5.74, 6) is 1.83. The average molecular weight is 335 g/mol. The molecule has 0 aliphatic carbocycles. The van der Waals surface area contributed by atoms with Gasteiger partial charge >= 0.3 is 0 Å². The number of unbranched alkanes of at least 4 members (excludes halogenated alkanes) is 2. The lowest BCUT2D eigenvalue weighted by Gasteiger charge is -2.10. The Balaban J connectivity index is 2.36. The van der Waals surface area contributed by atoms with E-state index in [1.54, 1.807) is 23.9 Å². The van der Waals surface area contributed by atoms with Gasteiger partial charge in [-0.2, -0.15) is 11.8 Å². The first kappa shape index (κ1) is 17.5. The number of halogens is 2. The van der Waals surface area contributed by atoms with E-state index in [4.69, 9.17) is 28.9 Å². The molecular weight excluding hydrogens is 315 g/mol. The Labute approximate surface area is 134 Å². The molecule has 0 spiro atoms. The highest BCUT2D eigenvalue weighted by Crippen LogP contribution is 2.32. The van der Waals surface area contributed by atoms with Crippen molar-refractivity contribution in [2.24, 2.45) is 0 Å². The van der Waals surface area contributed by atoms with Crippen LogP contribution in [-0.2, 0) is 4.79 Å². The Kier molecular flexibility index (Phi) is 8.19. The Morgan fingerprint density at radius 2 is 1.90 bits per heavy atom. The topological polar surface area (TPSA) is 55.1 Å². The highest BCUT2D eigenvalue weighted by molar-refractivity contribution is 7.99. The van der Waals surface area contributed by atoms with E-state index in [2.05, 4.69) is 12.2 Å². The normalized spacial score (nSPS) is 10.6. The number of thioether (sulfide) groups is 1. The van der Waals surface area contributed by atoms with Crippen molar-refractivity contribution in [1.82, 2.24) is 0 Å². The molecular formula is C14H20Cl2N2OS. The van der Waals surface area contributed by atoms with E-state index < -0.39 is 0 Å². The smallest absolute Gasteiger partial charge is 0.225 e. The van der Waals surface area contributed by atoms with Crippen LogP contribution in [-0.4, -0.2) is 17.4 Å². The number of benzene rings is 1. The van der Waals surface area contributed by atoms with Crippen LogP contribution in [0.1, 0.15) is 32.6 Å². The summed E-state index contributed by atoms with van der Waals surface area (Å²) in [4.78, 5) is 11.8. The van der Waals surface area contributed by atoms with Gasteiger partial charge < -0.3 is 11.1 Å². The third-order valence-electron chi connectivity index (χ3n) is 2.69. The van der Waals surface area contributed by atoms with Crippen LogP contribution in [0.2, 0.25) is 10.0 Å². The molecule has 0 saturated heterocycles. The molecule has 1 amide bonds. The number of hydrogen-bond acceptors (Lipinski definition) is 3. The SMILES string of the molecule is CCCCCSCCC(=O)Nc1c(Cl)cc(N)cc1Cl. The summed E-state index contributed by atoms with van der Waals surface area (Å²) in [7, 11) is 0. The number of nitrogens with two attached hydrogens (primary N) is 1. The lowest BCUT2D eigenvalue weighted by molar-refractivity contribution is -0.115. The van der Waals surface area contributed by atoms with Crippen molar-refractivity contribution in [2.45, 2.75) is 32.6 Å². The molecule has 3 N–H and O–H groups in total. The van der Waals surface area contributed by atoms with E-state index in [-0.39, 0.29) is 5.91 Å². The first-order valence-electron chi connectivity index (χ1n) is 6.66. The Bertz CT molecular complexity index is 432. The average Bonchev–Trinajstić information content (AvgIpc) is 2.38. The van der Waals surface area contributed by atoms with Crippen LogP contribution in [0.15, 0.2) is 12.1 Å². The molecule has 1 aromatic carbocycles. The monoisotopic (exact) mass is 334 g/mol. The molecule has 0 fully saturated rings. The molecule has 0 aliphatic rings. The van der Waals surface area contributed by atoms with Gasteiger partial charge in [-0.1, -0.05) is 43.0 Å². The predicted octanol–water partition coefficient (Wildman–Crippen LogP) is 4.83. The first-order chi connectivity index (χ1) is 9.54. The Morgan fingerprint density at radius 1 is 1.25 bits per heavy atom. The lowest BCUT2D eigenvalue weighted by atomic mass is 10.2. The summed E-state index contributed by atoms with van der Waals surface area (Å²) in [6.07, 6.45) is 4.12. The van der Waals surface area contributed by atoms with Crippen molar-refractivity contribution in [3.8, 4) is 0 Å². The molecule has 0 radical (unpaired) electrons. The highest BCUT2D eigenvalue weighted by atomic mass is 35.5. The van der Waals surface area contributed by atoms with E-state index in [9.17, 15) is 4.79 Å². The van der Waals surface area contributed by atoms with Gasteiger partial charge in [-0.15, -0.1) is 0 Å². The Hall–Kier alpha value is -0.580. The van der Waals surface area contributed by atoms with Crippen molar-refractivity contribution in [3.63, 3.8) is 0 Å². The zero-order valence-corrected chi connectivity index (χ0v) is 13.9. The van der Waals surface area contributed by atoms with Crippen LogP contribution in [0.3, 0.4) is 0 Å². The lowest BCUT2D eigenvalue weighted by Crippen LogP contribution is -2.13. The number of carbonyl (C=O) groups excluding carboxylic acids is 1. The maximum atomic E-state index is 11.8. The summed E-state index contributed by atoms with van der Waals surface area (Å²) in [6.45, 7) is 2.18. The zero-order chi connectivity index (χ0) is 15.0. The molecule has 1 rings (SSSR count). The molecule has 112 valence electrons. The van der Waals surface area contributed by atoms with E-state index >= 15 is 0 Å². The number of rotatable bonds is 8. The minimum absolute atomic E-state index is 0.0819. The summed E-state index contributed by atoms with van der Waals surface area (Å²) >= 11 is 13.8. The molecule has 0 bridgehead atoms. The number of anilines is 2. The maximum absolute atomic E-state index is 11.8. The molecule has 0 aromatic heterocycles. The van der Waals surface area contributed by atoms with Crippen LogP contribution in [0.4, 0.5) is 11.4 Å². The molecule has 6 heteroatoms. The van der Waals surface area contributed by atoms with Crippen LogP contribution in [0.5, 0.6) is 0 Å². The van der Waals surface area contributed by atoms with Crippen LogP contribution in [0, 0.1) is 0 Å². The fourth-order valence-electron chi connectivity index (χ4n) is 1.64. The van der Waals surface area contributed by atoms with Crippen molar-refractivity contribution in [1.29, 1.82) is 0 Å². The summed E-state index contributed by atoms with van der Waals surface area (Å²) in [5, 5.41) is 3.46. The second kappa shape index (κ2) is 9.37. The summed E-state index contributed by atoms with van der Waals surface area (Å²) < 4.78 is 0. The van der Waals surface area contributed by atoms with Crippen molar-refractivity contribution >= 4 is 52.2 Å². The second-order valence-electron chi connectivity index (χ2n) is 4.48. The minimum Gasteiger partial charge on any atom is -0.399 e. The van der Waals surface area contributed by atoms with Crippen molar-refractivity contribution in [2.75, 3.05) is 22.6 Å². The van der Waals surface area contributed by atoms with Gasteiger partial charge in [-0.3, -0.25) is 4.79 Å². The van der Waals surface area contributed by atoms with E-state index in [0.717, 1.165) is 11.5 Å². The van der Waals surface area contributed by atoms with Gasteiger partial charge in [0.1, 0.15) is 0 Å². The summed E-state index contributed by atoms with van der Waals surface area (Å²) in [6, 6.07) is 3.14. The Morgan fingerprint density at radius 3 is 2.50 bits per heavy atom. The van der Waals surface area contributed by atoms with Crippen LogP contribution in [0.25, 0.3) is 0 Å². The number of amides is 1. The van der Waals surface area contributed by atoms with Gasteiger partial charge in [0.2, 0.25) is 5.91 Å². The molecule has 20 heavy (non-hydrogen) atoms. The third kappa shape index (κ3) is 6.25. The number of nitrogens with one attached hydrogen (secondary N) is 1. The minimum atomic E-state index is -0.0819. The fraction of sp³-hybridized carbons (Fsp3) is 0.500. The van der Waals surface area contributed by atoms with Crippen molar-refractivity contribution in [3.05, 3.63) is 22.2 Å². The maximum Gasteiger partial charge on any atom is 0.225 e. The van der Waals surface area contributed by atoms with Gasteiger partial charge in [-0.25, -0.2) is 0 Å². The molecule has 0 unspecified atom stereocenters. The zero-order valence-electron chi connectivity index (χ0n) is 11.5. The third-order valence-corrected chi connectivity index (χ3v) is 4.36.